The van der Waals surface area contributed by atoms with Crippen molar-refractivity contribution in [2.75, 3.05) is 6.54 Å². The molecule has 6 heteroatoms. The van der Waals surface area contributed by atoms with Crippen molar-refractivity contribution in [1.29, 1.82) is 0 Å². The predicted molar refractivity (Wildman–Crippen MR) is 85.1 cm³/mol. The molecule has 0 radical (unpaired) electrons. The van der Waals surface area contributed by atoms with Gasteiger partial charge in [0.25, 0.3) is 0 Å². The number of nitrogens with one attached hydrogen (secondary N) is 1. The molecule has 20 heavy (non-hydrogen) atoms. The summed E-state index contributed by atoms with van der Waals surface area (Å²) in [6.07, 6.45) is 8.66. The molecule has 0 fully saturated rings. The summed E-state index contributed by atoms with van der Waals surface area (Å²) in [6.45, 7) is 3.09. The second kappa shape index (κ2) is 6.03. The van der Waals surface area contributed by atoms with Crippen LogP contribution in [-0.2, 0) is 6.42 Å². The Morgan fingerprint density at radius 2 is 2.35 bits per heavy atom. The maximum absolute atomic E-state index is 4.41. The lowest BCUT2D eigenvalue weighted by molar-refractivity contribution is 0.561. The number of halogens is 1. The molecule has 0 amide bonds. The van der Waals surface area contributed by atoms with E-state index in [1.807, 2.05) is 24.7 Å². The van der Waals surface area contributed by atoms with Crippen LogP contribution in [0.1, 0.15) is 24.2 Å². The van der Waals surface area contributed by atoms with Crippen LogP contribution < -0.4 is 5.32 Å². The van der Waals surface area contributed by atoms with Gasteiger partial charge in [0.05, 0.1) is 11.9 Å². The van der Waals surface area contributed by atoms with Gasteiger partial charge in [0.15, 0.2) is 4.96 Å². The van der Waals surface area contributed by atoms with Crippen LogP contribution in [0.15, 0.2) is 40.7 Å². The molecule has 104 valence electrons. The summed E-state index contributed by atoms with van der Waals surface area (Å²) in [4.78, 5) is 9.53. The number of hydrogen-bond donors (Lipinski definition) is 1. The van der Waals surface area contributed by atoms with Gasteiger partial charge in [-0.25, -0.2) is 4.98 Å². The summed E-state index contributed by atoms with van der Waals surface area (Å²) in [5.41, 5.74) is 2.48. The molecule has 0 aliphatic rings. The lowest BCUT2D eigenvalue weighted by atomic mass is 10.2. The van der Waals surface area contributed by atoms with Gasteiger partial charge in [-0.15, -0.1) is 11.3 Å². The number of fused-ring (bicyclic) bond motifs is 1. The molecule has 3 rings (SSSR count). The lowest BCUT2D eigenvalue weighted by Gasteiger charge is -2.13. The second-order valence-electron chi connectivity index (χ2n) is 4.63. The lowest BCUT2D eigenvalue weighted by Crippen LogP contribution is -2.22. The Morgan fingerprint density at radius 1 is 1.45 bits per heavy atom. The van der Waals surface area contributed by atoms with E-state index in [-0.39, 0.29) is 6.04 Å². The van der Waals surface area contributed by atoms with Crippen LogP contribution in [-0.4, -0.2) is 20.9 Å². The van der Waals surface area contributed by atoms with Crippen molar-refractivity contribution in [2.45, 2.75) is 19.4 Å². The average Bonchev–Trinajstić information content (AvgIpc) is 3.03. The van der Waals surface area contributed by atoms with Crippen LogP contribution in [0, 0.1) is 0 Å². The van der Waals surface area contributed by atoms with Gasteiger partial charge in [-0.3, -0.25) is 9.38 Å². The van der Waals surface area contributed by atoms with Crippen LogP contribution in [0.5, 0.6) is 0 Å². The predicted octanol–water partition coefficient (Wildman–Crippen LogP) is 3.45. The van der Waals surface area contributed by atoms with Gasteiger partial charge in [0, 0.05) is 34.5 Å². The van der Waals surface area contributed by atoms with Gasteiger partial charge in [-0.05, 0) is 47.4 Å². The zero-order valence-electron chi connectivity index (χ0n) is 11.1. The maximum atomic E-state index is 4.41. The number of nitrogens with zero attached hydrogens (tertiary/aromatic N) is 3. The standard InChI is InChI=1S/C14H15BrN4S/c1-10(13-9-18-14-19(13)6-7-20-14)17-5-3-11-2-4-16-8-12(11)15/h2,4,6-10,17H,3,5H2,1H3. The molecule has 0 aromatic carbocycles. The monoisotopic (exact) mass is 350 g/mol. The minimum Gasteiger partial charge on any atom is -0.309 e. The fourth-order valence-corrected chi connectivity index (χ4v) is 3.35. The highest BCUT2D eigenvalue weighted by molar-refractivity contribution is 9.10. The van der Waals surface area contributed by atoms with Crippen molar-refractivity contribution >= 4 is 32.2 Å². The van der Waals surface area contributed by atoms with Crippen molar-refractivity contribution in [3.8, 4) is 0 Å². The Morgan fingerprint density at radius 3 is 3.20 bits per heavy atom. The molecule has 3 aromatic rings. The summed E-state index contributed by atoms with van der Waals surface area (Å²) in [5, 5.41) is 5.61. The molecule has 0 aliphatic heterocycles. The summed E-state index contributed by atoms with van der Waals surface area (Å²) in [5.74, 6) is 0. The first-order valence-electron chi connectivity index (χ1n) is 6.48. The van der Waals surface area contributed by atoms with Crippen LogP contribution in [0.3, 0.4) is 0 Å². The van der Waals surface area contributed by atoms with Crippen LogP contribution in [0.2, 0.25) is 0 Å². The third kappa shape index (κ3) is 2.77. The van der Waals surface area contributed by atoms with Crippen LogP contribution in [0.25, 0.3) is 4.96 Å². The normalized spacial score (nSPS) is 12.9. The molecule has 0 aliphatic carbocycles. The van der Waals surface area contributed by atoms with E-state index in [1.54, 1.807) is 11.3 Å². The maximum Gasteiger partial charge on any atom is 0.193 e. The Balaban J connectivity index is 1.61. The van der Waals surface area contributed by atoms with Crippen molar-refractivity contribution in [3.05, 3.63) is 52.0 Å². The molecular weight excluding hydrogens is 336 g/mol. The van der Waals surface area contributed by atoms with Gasteiger partial charge in [-0.2, -0.15) is 0 Å². The second-order valence-corrected chi connectivity index (χ2v) is 6.36. The molecule has 3 aromatic heterocycles. The van der Waals surface area contributed by atoms with E-state index in [2.05, 4.69) is 54.1 Å². The highest BCUT2D eigenvalue weighted by atomic mass is 79.9. The van der Waals surface area contributed by atoms with Gasteiger partial charge in [-0.1, -0.05) is 0 Å². The number of pyridine rings is 1. The number of thiazole rings is 1. The first-order valence-corrected chi connectivity index (χ1v) is 8.15. The zero-order valence-corrected chi connectivity index (χ0v) is 13.5. The largest absolute Gasteiger partial charge is 0.309 e. The van der Waals surface area contributed by atoms with Gasteiger partial charge in [0.2, 0.25) is 0 Å². The van der Waals surface area contributed by atoms with Crippen LogP contribution in [0.4, 0.5) is 0 Å². The zero-order chi connectivity index (χ0) is 13.9. The Labute approximate surface area is 130 Å². The fraction of sp³-hybridized carbons (Fsp3) is 0.286. The van der Waals surface area contributed by atoms with Crippen LogP contribution >= 0.6 is 27.3 Å². The molecule has 1 unspecified atom stereocenters. The summed E-state index contributed by atoms with van der Waals surface area (Å²) < 4.78 is 3.21. The first-order chi connectivity index (χ1) is 9.75. The highest BCUT2D eigenvalue weighted by Crippen LogP contribution is 2.19. The summed E-state index contributed by atoms with van der Waals surface area (Å²) >= 11 is 5.19. The molecule has 0 saturated carbocycles. The minimum absolute atomic E-state index is 0.278. The number of aromatic nitrogens is 3. The van der Waals surface area contributed by atoms with E-state index in [0.717, 1.165) is 22.4 Å². The van der Waals surface area contributed by atoms with Gasteiger partial charge >= 0.3 is 0 Å². The van der Waals surface area contributed by atoms with E-state index in [4.69, 9.17) is 0 Å². The summed E-state index contributed by atoms with van der Waals surface area (Å²) in [7, 11) is 0. The topological polar surface area (TPSA) is 42.2 Å². The average molecular weight is 351 g/mol. The Kier molecular flexibility index (Phi) is 4.14. The first kappa shape index (κ1) is 13.7. The number of rotatable bonds is 5. The van der Waals surface area contributed by atoms with E-state index < -0.39 is 0 Å². The molecule has 0 bridgehead atoms. The number of imidazole rings is 1. The third-order valence-corrected chi connectivity index (χ3v) is 4.80. The molecule has 3 heterocycles. The molecule has 0 saturated heterocycles. The molecule has 0 spiro atoms. The van der Waals surface area contributed by atoms with Crippen molar-refractivity contribution in [3.63, 3.8) is 0 Å². The minimum atomic E-state index is 0.278. The van der Waals surface area contributed by atoms with E-state index >= 15 is 0 Å². The Hall–Kier alpha value is -1.24. The molecule has 4 nitrogen and oxygen atoms in total. The molecular formula is C14H15BrN4S. The molecule has 1 N–H and O–H groups in total. The third-order valence-electron chi connectivity index (χ3n) is 3.32. The smallest absolute Gasteiger partial charge is 0.193 e. The highest BCUT2D eigenvalue weighted by Gasteiger charge is 2.11. The van der Waals surface area contributed by atoms with E-state index in [9.17, 15) is 0 Å². The fourth-order valence-electron chi connectivity index (χ4n) is 2.20. The van der Waals surface area contributed by atoms with Gasteiger partial charge < -0.3 is 5.32 Å². The number of hydrogen-bond acceptors (Lipinski definition) is 4. The van der Waals surface area contributed by atoms with Crippen molar-refractivity contribution < 1.29 is 0 Å². The van der Waals surface area contributed by atoms with Crippen molar-refractivity contribution in [2.24, 2.45) is 0 Å². The summed E-state index contributed by atoms with van der Waals surface area (Å²) in [6, 6.07) is 2.33. The van der Waals surface area contributed by atoms with Gasteiger partial charge in [0.1, 0.15) is 0 Å². The SMILES string of the molecule is CC(NCCc1ccncc1Br)c1cnc2sccn12. The van der Waals surface area contributed by atoms with E-state index in [0.29, 0.717) is 0 Å². The Bertz CT molecular complexity index is 706. The van der Waals surface area contributed by atoms with Crippen molar-refractivity contribution in [1.82, 2.24) is 19.7 Å². The molecule has 1 atom stereocenters. The van der Waals surface area contributed by atoms with E-state index in [1.165, 1.54) is 11.3 Å². The quantitative estimate of drug-likeness (QED) is 0.766.